The van der Waals surface area contributed by atoms with E-state index in [9.17, 15) is 19.5 Å². The topological polar surface area (TPSA) is 114 Å². The summed E-state index contributed by atoms with van der Waals surface area (Å²) in [6.07, 6.45) is 1.37. The summed E-state index contributed by atoms with van der Waals surface area (Å²) in [4.78, 5) is 41.4. The Kier molecular flexibility index (Phi) is 5.89. The molecule has 3 fully saturated rings. The van der Waals surface area contributed by atoms with Gasteiger partial charge in [-0.1, -0.05) is 0 Å². The predicted octanol–water partition coefficient (Wildman–Crippen LogP) is 1.34. The highest BCUT2D eigenvalue weighted by molar-refractivity contribution is 6.03. The molecule has 9 nitrogen and oxygen atoms in total. The SMILES string of the molecule is CCOC(=O)[C@@H]1[C@H]2C(=O)N(CCCO)C(C(=O)Nc3ccc(OC)cc3)C23CC[C@@]1(C)O3. The van der Waals surface area contributed by atoms with Gasteiger partial charge in [0.15, 0.2) is 0 Å². The maximum atomic E-state index is 13.5. The van der Waals surface area contributed by atoms with Crippen molar-refractivity contribution in [3.63, 3.8) is 0 Å². The highest BCUT2D eigenvalue weighted by Crippen LogP contribution is 2.63. The number of ether oxygens (including phenoxy) is 3. The zero-order valence-corrected chi connectivity index (χ0v) is 18.6. The highest BCUT2D eigenvalue weighted by atomic mass is 16.6. The third kappa shape index (κ3) is 3.34. The number of hydrogen-bond donors (Lipinski definition) is 2. The van der Waals surface area contributed by atoms with Crippen LogP contribution < -0.4 is 10.1 Å². The first kappa shape index (κ1) is 22.5. The smallest absolute Gasteiger partial charge is 0.312 e. The van der Waals surface area contributed by atoms with Gasteiger partial charge >= 0.3 is 5.97 Å². The molecule has 2 bridgehead atoms. The second-order valence-corrected chi connectivity index (χ2v) is 8.81. The summed E-state index contributed by atoms with van der Waals surface area (Å²) >= 11 is 0. The molecule has 3 aliphatic rings. The lowest BCUT2D eigenvalue weighted by molar-refractivity contribution is -0.159. The van der Waals surface area contributed by atoms with Gasteiger partial charge in [-0.05, 0) is 57.4 Å². The number of anilines is 1. The molecule has 32 heavy (non-hydrogen) atoms. The predicted molar refractivity (Wildman–Crippen MR) is 114 cm³/mol. The lowest BCUT2D eigenvalue weighted by Gasteiger charge is -2.33. The monoisotopic (exact) mass is 446 g/mol. The minimum Gasteiger partial charge on any atom is -0.497 e. The molecule has 3 aliphatic heterocycles. The molecule has 0 aliphatic carbocycles. The molecule has 9 heteroatoms. The van der Waals surface area contributed by atoms with Gasteiger partial charge in [0.1, 0.15) is 23.3 Å². The number of nitrogens with zero attached hydrogens (tertiary/aromatic N) is 1. The van der Waals surface area contributed by atoms with Crippen molar-refractivity contribution < 1.29 is 33.7 Å². The van der Waals surface area contributed by atoms with E-state index >= 15 is 0 Å². The Balaban J connectivity index is 1.68. The van der Waals surface area contributed by atoms with E-state index in [1.54, 1.807) is 38.3 Å². The summed E-state index contributed by atoms with van der Waals surface area (Å²) < 4.78 is 16.9. The molecule has 0 radical (unpaired) electrons. The van der Waals surface area contributed by atoms with Crippen LogP contribution in [0.4, 0.5) is 5.69 Å². The molecule has 0 aromatic heterocycles. The maximum absolute atomic E-state index is 13.5. The average Bonchev–Trinajstić information content (AvgIpc) is 3.33. The first-order chi connectivity index (χ1) is 15.3. The fourth-order valence-corrected chi connectivity index (χ4v) is 5.68. The van der Waals surface area contributed by atoms with E-state index in [0.29, 0.717) is 30.7 Å². The number of esters is 1. The van der Waals surface area contributed by atoms with Crippen LogP contribution in [-0.2, 0) is 23.9 Å². The van der Waals surface area contributed by atoms with Crippen molar-refractivity contribution in [1.82, 2.24) is 4.90 Å². The van der Waals surface area contributed by atoms with Crippen LogP contribution in [0.25, 0.3) is 0 Å². The van der Waals surface area contributed by atoms with Gasteiger partial charge in [-0.3, -0.25) is 14.4 Å². The molecule has 4 rings (SSSR count). The van der Waals surface area contributed by atoms with Crippen molar-refractivity contribution >= 4 is 23.5 Å². The average molecular weight is 447 g/mol. The van der Waals surface area contributed by atoms with E-state index in [0.717, 1.165) is 0 Å². The second-order valence-electron chi connectivity index (χ2n) is 8.81. The Labute approximate surface area is 187 Å². The molecular formula is C23H30N2O7. The number of aliphatic hydroxyl groups is 1. The van der Waals surface area contributed by atoms with Crippen molar-refractivity contribution in [3.8, 4) is 5.75 Å². The van der Waals surface area contributed by atoms with Crippen LogP contribution >= 0.6 is 0 Å². The number of fused-ring (bicyclic) bond motifs is 1. The standard InChI is InChI=1S/C23H30N2O7/c1-4-31-21(29)17-16-20(28)25(12-5-13-26)18(23(16)11-10-22(17,2)32-23)19(27)24-14-6-8-15(30-3)9-7-14/h6-9,16-18,26H,4-5,10-13H2,1-3H3,(H,24,27)/t16-,17-,18?,22+,23?/m0/s1. The van der Waals surface area contributed by atoms with E-state index in [1.807, 2.05) is 6.92 Å². The third-order valence-corrected chi connectivity index (χ3v) is 6.98. The van der Waals surface area contributed by atoms with Gasteiger partial charge in [-0.15, -0.1) is 0 Å². The zero-order valence-electron chi connectivity index (χ0n) is 18.6. The fraction of sp³-hybridized carbons (Fsp3) is 0.609. The number of carbonyl (C=O) groups excluding carboxylic acids is 3. The lowest BCUT2D eigenvalue weighted by atomic mass is 9.66. The van der Waals surface area contributed by atoms with Crippen LogP contribution in [0, 0.1) is 11.8 Å². The number of rotatable bonds is 8. The number of carbonyl (C=O) groups is 3. The Morgan fingerprint density at radius 3 is 2.62 bits per heavy atom. The quantitative estimate of drug-likeness (QED) is 0.579. The lowest BCUT2D eigenvalue weighted by Crippen LogP contribution is -2.53. The van der Waals surface area contributed by atoms with Crippen LogP contribution in [0.5, 0.6) is 5.75 Å². The van der Waals surface area contributed by atoms with Gasteiger partial charge in [0.05, 0.1) is 25.2 Å². The zero-order chi connectivity index (χ0) is 23.1. The molecule has 3 saturated heterocycles. The minimum atomic E-state index is -1.10. The Bertz CT molecular complexity index is 904. The van der Waals surface area contributed by atoms with Gasteiger partial charge in [-0.2, -0.15) is 0 Å². The Morgan fingerprint density at radius 2 is 2.00 bits per heavy atom. The molecule has 1 spiro atoms. The molecular weight excluding hydrogens is 416 g/mol. The fourth-order valence-electron chi connectivity index (χ4n) is 5.68. The van der Waals surface area contributed by atoms with Crippen LogP contribution in [0.15, 0.2) is 24.3 Å². The van der Waals surface area contributed by atoms with Crippen LogP contribution in [-0.4, -0.2) is 71.9 Å². The van der Waals surface area contributed by atoms with Crippen LogP contribution in [0.1, 0.15) is 33.1 Å². The van der Waals surface area contributed by atoms with Crippen LogP contribution in [0.2, 0.25) is 0 Å². The minimum absolute atomic E-state index is 0.117. The normalized spacial score (nSPS) is 32.7. The number of hydrogen-bond acceptors (Lipinski definition) is 7. The molecule has 1 aromatic rings. The van der Waals surface area contributed by atoms with Crippen molar-refractivity contribution in [2.24, 2.45) is 11.8 Å². The molecule has 3 heterocycles. The molecule has 0 saturated carbocycles. The number of benzene rings is 1. The summed E-state index contributed by atoms with van der Waals surface area (Å²) in [7, 11) is 1.56. The van der Waals surface area contributed by atoms with Crippen molar-refractivity contribution in [3.05, 3.63) is 24.3 Å². The summed E-state index contributed by atoms with van der Waals surface area (Å²) in [6, 6.07) is 5.99. The summed E-state index contributed by atoms with van der Waals surface area (Å²) in [5, 5.41) is 12.2. The number of likely N-dealkylation sites (tertiary alicyclic amines) is 1. The number of methoxy groups -OCH3 is 1. The number of amides is 2. The molecule has 1 aromatic carbocycles. The number of nitrogens with one attached hydrogen (secondary N) is 1. The van der Waals surface area contributed by atoms with Crippen LogP contribution in [0.3, 0.4) is 0 Å². The van der Waals surface area contributed by atoms with Crippen molar-refractivity contribution in [2.45, 2.75) is 50.4 Å². The van der Waals surface area contributed by atoms with Gasteiger partial charge in [0.2, 0.25) is 11.8 Å². The molecule has 174 valence electrons. The highest BCUT2D eigenvalue weighted by Gasteiger charge is 2.78. The summed E-state index contributed by atoms with van der Waals surface area (Å²) in [5.41, 5.74) is -1.39. The Morgan fingerprint density at radius 1 is 1.28 bits per heavy atom. The molecule has 2 unspecified atom stereocenters. The summed E-state index contributed by atoms with van der Waals surface area (Å²) in [5.74, 6) is -2.03. The van der Waals surface area contributed by atoms with Crippen molar-refractivity contribution in [2.75, 3.05) is 32.2 Å². The first-order valence-electron chi connectivity index (χ1n) is 11.0. The molecule has 2 N–H and O–H groups in total. The maximum Gasteiger partial charge on any atom is 0.312 e. The molecule has 5 atom stereocenters. The van der Waals surface area contributed by atoms with E-state index in [-0.39, 0.29) is 31.6 Å². The van der Waals surface area contributed by atoms with Gasteiger partial charge < -0.3 is 29.5 Å². The summed E-state index contributed by atoms with van der Waals surface area (Å²) in [6.45, 7) is 3.83. The Hall–Kier alpha value is -2.65. The van der Waals surface area contributed by atoms with E-state index in [1.165, 1.54) is 4.90 Å². The van der Waals surface area contributed by atoms with Gasteiger partial charge in [0, 0.05) is 18.8 Å². The van der Waals surface area contributed by atoms with E-state index in [4.69, 9.17) is 14.2 Å². The van der Waals surface area contributed by atoms with E-state index in [2.05, 4.69) is 5.32 Å². The van der Waals surface area contributed by atoms with Gasteiger partial charge in [0.25, 0.3) is 0 Å². The molecule has 2 amide bonds. The van der Waals surface area contributed by atoms with Gasteiger partial charge in [-0.25, -0.2) is 0 Å². The van der Waals surface area contributed by atoms with Crippen molar-refractivity contribution in [1.29, 1.82) is 0 Å². The first-order valence-corrected chi connectivity index (χ1v) is 11.0. The number of aliphatic hydroxyl groups excluding tert-OH is 1. The third-order valence-electron chi connectivity index (χ3n) is 6.98. The second kappa shape index (κ2) is 8.37. The largest absolute Gasteiger partial charge is 0.497 e. The van der Waals surface area contributed by atoms with E-state index < -0.39 is 35.0 Å².